The molecule has 0 aromatic carbocycles. The van der Waals surface area contributed by atoms with Crippen LogP contribution in [0, 0.1) is 5.92 Å². The first kappa shape index (κ1) is 11.0. The van der Waals surface area contributed by atoms with Gasteiger partial charge in [-0.2, -0.15) is 0 Å². The van der Waals surface area contributed by atoms with E-state index in [0.717, 1.165) is 18.0 Å². The van der Waals surface area contributed by atoms with Crippen LogP contribution in [0.25, 0.3) is 0 Å². The molecule has 2 heterocycles. The largest absolute Gasteiger partial charge is 0.314 e. The standard InChI is InChI=1S/C13H25N3/c1-11(8-12-2-3-12)15-4-6-16(7-5-15)13-9-14-10-13/h11-14H,2-10H2,1H3. The van der Waals surface area contributed by atoms with E-state index in [-0.39, 0.29) is 0 Å². The lowest BCUT2D eigenvalue weighted by Crippen LogP contribution is -2.62. The van der Waals surface area contributed by atoms with Crippen LogP contribution in [-0.4, -0.2) is 61.2 Å². The Bertz CT molecular complexity index is 227. The molecule has 3 heteroatoms. The summed E-state index contributed by atoms with van der Waals surface area (Å²) in [5, 5.41) is 3.37. The van der Waals surface area contributed by atoms with Crippen molar-refractivity contribution < 1.29 is 0 Å². The molecular formula is C13H25N3. The van der Waals surface area contributed by atoms with Crippen LogP contribution >= 0.6 is 0 Å². The summed E-state index contributed by atoms with van der Waals surface area (Å²) in [6.07, 6.45) is 4.45. The Morgan fingerprint density at radius 1 is 1.12 bits per heavy atom. The van der Waals surface area contributed by atoms with Gasteiger partial charge in [-0.25, -0.2) is 0 Å². The fourth-order valence-electron chi connectivity index (χ4n) is 3.06. The molecule has 1 unspecified atom stereocenters. The first-order chi connectivity index (χ1) is 7.83. The van der Waals surface area contributed by atoms with Gasteiger partial charge in [-0.15, -0.1) is 0 Å². The monoisotopic (exact) mass is 223 g/mol. The second-order valence-electron chi connectivity index (χ2n) is 5.91. The minimum Gasteiger partial charge on any atom is -0.314 e. The van der Waals surface area contributed by atoms with E-state index in [4.69, 9.17) is 0 Å². The lowest BCUT2D eigenvalue weighted by atomic mass is 10.1. The summed E-state index contributed by atoms with van der Waals surface area (Å²) < 4.78 is 0. The minimum atomic E-state index is 0.828. The Hall–Kier alpha value is -0.120. The van der Waals surface area contributed by atoms with Gasteiger partial charge in [0, 0.05) is 51.4 Å². The summed E-state index contributed by atoms with van der Waals surface area (Å²) in [5.74, 6) is 1.07. The third kappa shape index (κ3) is 2.41. The van der Waals surface area contributed by atoms with Crippen molar-refractivity contribution in [3.8, 4) is 0 Å². The van der Waals surface area contributed by atoms with E-state index < -0.39 is 0 Å². The van der Waals surface area contributed by atoms with Crippen molar-refractivity contribution in [3.63, 3.8) is 0 Å². The molecule has 2 aliphatic heterocycles. The highest BCUT2D eigenvalue weighted by atomic mass is 15.3. The molecule has 3 fully saturated rings. The second-order valence-corrected chi connectivity index (χ2v) is 5.91. The number of nitrogens with zero attached hydrogens (tertiary/aromatic N) is 2. The number of piperazine rings is 1. The highest BCUT2D eigenvalue weighted by molar-refractivity contribution is 4.89. The lowest BCUT2D eigenvalue weighted by molar-refractivity contribution is 0.0524. The van der Waals surface area contributed by atoms with Crippen molar-refractivity contribution in [1.82, 2.24) is 15.1 Å². The average molecular weight is 223 g/mol. The lowest BCUT2D eigenvalue weighted by Gasteiger charge is -2.44. The predicted molar refractivity (Wildman–Crippen MR) is 66.6 cm³/mol. The van der Waals surface area contributed by atoms with Gasteiger partial charge in [0.2, 0.25) is 0 Å². The number of rotatable bonds is 4. The maximum Gasteiger partial charge on any atom is 0.0346 e. The Kier molecular flexibility index (Phi) is 3.18. The van der Waals surface area contributed by atoms with Crippen LogP contribution < -0.4 is 5.32 Å². The Balaban J connectivity index is 1.42. The highest BCUT2D eigenvalue weighted by Crippen LogP contribution is 2.34. The van der Waals surface area contributed by atoms with Crippen molar-refractivity contribution >= 4 is 0 Å². The van der Waals surface area contributed by atoms with Gasteiger partial charge in [0.25, 0.3) is 0 Å². The van der Waals surface area contributed by atoms with Crippen molar-refractivity contribution in [2.75, 3.05) is 39.3 Å². The average Bonchev–Trinajstić information content (AvgIpc) is 3.00. The molecular weight excluding hydrogens is 198 g/mol. The van der Waals surface area contributed by atoms with Crippen LogP contribution in [0.15, 0.2) is 0 Å². The van der Waals surface area contributed by atoms with Crippen LogP contribution in [0.5, 0.6) is 0 Å². The summed E-state index contributed by atoms with van der Waals surface area (Å²) in [6, 6.07) is 1.68. The molecule has 0 radical (unpaired) electrons. The maximum absolute atomic E-state index is 3.37. The molecule has 2 saturated heterocycles. The fourth-order valence-corrected chi connectivity index (χ4v) is 3.06. The number of nitrogens with one attached hydrogen (secondary N) is 1. The zero-order valence-electron chi connectivity index (χ0n) is 10.5. The zero-order chi connectivity index (χ0) is 11.0. The van der Waals surface area contributed by atoms with Gasteiger partial charge in [0.05, 0.1) is 0 Å². The topological polar surface area (TPSA) is 18.5 Å². The maximum atomic E-state index is 3.37. The minimum absolute atomic E-state index is 0.828. The van der Waals surface area contributed by atoms with E-state index in [1.165, 1.54) is 58.5 Å². The summed E-state index contributed by atoms with van der Waals surface area (Å²) >= 11 is 0. The molecule has 1 atom stereocenters. The highest BCUT2D eigenvalue weighted by Gasteiger charge is 2.31. The molecule has 3 aliphatic rings. The van der Waals surface area contributed by atoms with Crippen molar-refractivity contribution in [1.29, 1.82) is 0 Å². The third-order valence-electron chi connectivity index (χ3n) is 4.62. The molecule has 0 aromatic heterocycles. The smallest absolute Gasteiger partial charge is 0.0346 e. The van der Waals surface area contributed by atoms with E-state index in [0.29, 0.717) is 0 Å². The molecule has 0 bridgehead atoms. The molecule has 1 saturated carbocycles. The Morgan fingerprint density at radius 2 is 1.81 bits per heavy atom. The quantitative estimate of drug-likeness (QED) is 0.759. The summed E-state index contributed by atoms with van der Waals surface area (Å²) in [5.41, 5.74) is 0. The van der Waals surface area contributed by atoms with Gasteiger partial charge >= 0.3 is 0 Å². The predicted octanol–water partition coefficient (Wildman–Crippen LogP) is 0.764. The fraction of sp³-hybridized carbons (Fsp3) is 1.00. The molecule has 16 heavy (non-hydrogen) atoms. The SMILES string of the molecule is CC(CC1CC1)N1CCN(C2CNC2)CC1. The van der Waals surface area contributed by atoms with E-state index in [1.54, 1.807) is 0 Å². The first-order valence-corrected chi connectivity index (χ1v) is 7.02. The van der Waals surface area contributed by atoms with Gasteiger partial charge in [-0.3, -0.25) is 9.80 Å². The van der Waals surface area contributed by atoms with Gasteiger partial charge < -0.3 is 5.32 Å². The van der Waals surface area contributed by atoms with Crippen LogP contribution in [0.1, 0.15) is 26.2 Å². The van der Waals surface area contributed by atoms with Crippen molar-refractivity contribution in [3.05, 3.63) is 0 Å². The zero-order valence-corrected chi connectivity index (χ0v) is 10.5. The molecule has 1 N–H and O–H groups in total. The Morgan fingerprint density at radius 3 is 2.31 bits per heavy atom. The molecule has 0 aromatic rings. The van der Waals surface area contributed by atoms with Crippen molar-refractivity contribution in [2.45, 2.75) is 38.3 Å². The molecule has 0 amide bonds. The molecule has 92 valence electrons. The normalized spacial score (nSPS) is 31.3. The second kappa shape index (κ2) is 4.63. The molecule has 1 aliphatic carbocycles. The van der Waals surface area contributed by atoms with Crippen LogP contribution in [0.3, 0.4) is 0 Å². The number of hydrogen-bond acceptors (Lipinski definition) is 3. The van der Waals surface area contributed by atoms with Crippen molar-refractivity contribution in [2.24, 2.45) is 5.92 Å². The van der Waals surface area contributed by atoms with E-state index in [2.05, 4.69) is 22.0 Å². The van der Waals surface area contributed by atoms with E-state index >= 15 is 0 Å². The molecule has 0 spiro atoms. The van der Waals surface area contributed by atoms with E-state index in [1.807, 2.05) is 0 Å². The van der Waals surface area contributed by atoms with Crippen LogP contribution in [-0.2, 0) is 0 Å². The molecule has 3 nitrogen and oxygen atoms in total. The van der Waals surface area contributed by atoms with Crippen LogP contribution in [0.2, 0.25) is 0 Å². The summed E-state index contributed by atoms with van der Waals surface area (Å²) in [4.78, 5) is 5.39. The third-order valence-corrected chi connectivity index (χ3v) is 4.62. The Labute approximate surface area is 99.2 Å². The van der Waals surface area contributed by atoms with Gasteiger partial charge in [-0.05, 0) is 19.3 Å². The first-order valence-electron chi connectivity index (χ1n) is 7.02. The molecule has 3 rings (SSSR count). The van der Waals surface area contributed by atoms with Gasteiger partial charge in [-0.1, -0.05) is 12.8 Å². The summed E-state index contributed by atoms with van der Waals surface area (Å²) in [7, 11) is 0. The van der Waals surface area contributed by atoms with Gasteiger partial charge in [0.15, 0.2) is 0 Å². The number of hydrogen-bond donors (Lipinski definition) is 1. The summed E-state index contributed by atoms with van der Waals surface area (Å²) in [6.45, 7) is 10.0. The van der Waals surface area contributed by atoms with Crippen LogP contribution in [0.4, 0.5) is 0 Å². The van der Waals surface area contributed by atoms with E-state index in [9.17, 15) is 0 Å². The van der Waals surface area contributed by atoms with Gasteiger partial charge in [0.1, 0.15) is 0 Å².